The molecule has 0 N–H and O–H groups in total. The van der Waals surface area contributed by atoms with E-state index in [9.17, 15) is 8.78 Å². The second-order valence-electron chi connectivity index (χ2n) is 10.3. The highest BCUT2D eigenvalue weighted by Crippen LogP contribution is 2.54. The molecule has 4 rings (SSSR count). The quantitative estimate of drug-likeness (QED) is 0.294. The zero-order valence-corrected chi connectivity index (χ0v) is 20.9. The summed E-state index contributed by atoms with van der Waals surface area (Å²) in [6.45, 7) is 2.78. The van der Waals surface area contributed by atoms with Crippen LogP contribution < -0.4 is 0 Å². The first-order valence-electron chi connectivity index (χ1n) is 12.8. The third kappa shape index (κ3) is 5.44. The molecule has 6 heteroatoms. The van der Waals surface area contributed by atoms with Gasteiger partial charge in [-0.15, -0.1) is 0 Å². The molecule has 2 aliphatic rings. The molecule has 0 spiro atoms. The Morgan fingerprint density at radius 2 is 1.56 bits per heavy atom. The van der Waals surface area contributed by atoms with Gasteiger partial charge in [0, 0.05) is 37.2 Å². The fraction of sp³-hybridized carbons (Fsp3) is 0.467. The van der Waals surface area contributed by atoms with Crippen LogP contribution in [-0.2, 0) is 10.2 Å². The maximum Gasteiger partial charge on any atom is 0.130 e. The molecule has 194 valence electrons. The third-order valence-corrected chi connectivity index (χ3v) is 7.84. The summed E-state index contributed by atoms with van der Waals surface area (Å²) in [6.07, 6.45) is 7.16. The Labute approximate surface area is 210 Å². The average molecular weight is 505 g/mol. The van der Waals surface area contributed by atoms with E-state index in [0.717, 1.165) is 61.1 Å². The highest BCUT2D eigenvalue weighted by molar-refractivity contribution is 5.52. The topological polar surface area (TPSA) is 9.23 Å². The summed E-state index contributed by atoms with van der Waals surface area (Å²) in [5.41, 5.74) is 0.732. The molecule has 0 aliphatic heterocycles. The second kappa shape index (κ2) is 11.3. The van der Waals surface area contributed by atoms with Crippen molar-refractivity contribution in [2.75, 3.05) is 13.7 Å². The van der Waals surface area contributed by atoms with Gasteiger partial charge in [-0.3, -0.25) is 0 Å². The van der Waals surface area contributed by atoms with Crippen LogP contribution in [0.15, 0.2) is 59.4 Å². The Bertz CT molecular complexity index is 1100. The van der Waals surface area contributed by atoms with Gasteiger partial charge >= 0.3 is 0 Å². The van der Waals surface area contributed by atoms with Gasteiger partial charge in [-0.25, -0.2) is 22.0 Å². The molecule has 0 fully saturated rings. The van der Waals surface area contributed by atoms with Crippen LogP contribution >= 0.6 is 0 Å². The lowest BCUT2D eigenvalue weighted by atomic mass is 9.71. The Kier molecular flexibility index (Phi) is 8.34. The normalized spacial score (nSPS) is 19.9. The zero-order chi connectivity index (χ0) is 25.9. The molecule has 0 heterocycles. The van der Waals surface area contributed by atoms with E-state index in [0.29, 0.717) is 25.4 Å². The Morgan fingerprint density at radius 1 is 0.917 bits per heavy atom. The highest BCUT2D eigenvalue weighted by atomic mass is 19.1. The molecule has 2 aromatic rings. The minimum atomic E-state index is -1.20. The Balaban J connectivity index is 1.62. The predicted octanol–water partition coefficient (Wildman–Crippen LogP) is 8.73. The second-order valence-corrected chi connectivity index (χ2v) is 10.3. The lowest BCUT2D eigenvalue weighted by Crippen LogP contribution is -2.28. The number of hydrogen-bond acceptors (Lipinski definition) is 1. The van der Waals surface area contributed by atoms with Gasteiger partial charge in [-0.1, -0.05) is 37.5 Å². The van der Waals surface area contributed by atoms with Crippen LogP contribution in [0.5, 0.6) is 0 Å². The molecule has 2 aromatic carbocycles. The van der Waals surface area contributed by atoms with Crippen LogP contribution in [-0.4, -0.2) is 13.7 Å². The first-order valence-corrected chi connectivity index (χ1v) is 12.8. The number of halogens is 5. The largest absolute Gasteiger partial charge is 0.384 e. The molecule has 1 nitrogen and oxygen atoms in total. The molecule has 1 unspecified atom stereocenters. The number of methoxy groups -OCH3 is 1. The van der Waals surface area contributed by atoms with Gasteiger partial charge in [-0.05, 0) is 79.4 Å². The SMILES string of the molecule is CCCC[C@H](CCC1CC2=C(C=C1F)CC(c1ccc(F)cc1F)(c1ccc(F)cc1F)C2)COC. The smallest absolute Gasteiger partial charge is 0.130 e. The third-order valence-electron chi connectivity index (χ3n) is 7.84. The van der Waals surface area contributed by atoms with Crippen molar-refractivity contribution in [3.63, 3.8) is 0 Å². The number of hydrogen-bond donors (Lipinski definition) is 0. The van der Waals surface area contributed by atoms with Crippen LogP contribution in [0.1, 0.15) is 69.4 Å². The molecule has 0 saturated heterocycles. The molecular formula is C30H33F5O. The van der Waals surface area contributed by atoms with Gasteiger partial charge in [0.1, 0.15) is 29.1 Å². The Hall–Kier alpha value is -2.47. The minimum absolute atomic E-state index is 0.133. The summed E-state index contributed by atoms with van der Waals surface area (Å²) in [5, 5.41) is 0. The van der Waals surface area contributed by atoms with Crippen LogP contribution in [0.3, 0.4) is 0 Å². The van der Waals surface area contributed by atoms with Gasteiger partial charge in [0.15, 0.2) is 0 Å². The van der Waals surface area contributed by atoms with Crippen molar-refractivity contribution in [3.05, 3.63) is 93.8 Å². The van der Waals surface area contributed by atoms with Crippen molar-refractivity contribution in [2.24, 2.45) is 11.8 Å². The van der Waals surface area contributed by atoms with E-state index >= 15 is 13.2 Å². The lowest BCUT2D eigenvalue weighted by molar-refractivity contribution is 0.137. The number of ether oxygens (including phenoxy) is 1. The van der Waals surface area contributed by atoms with Gasteiger partial charge in [-0.2, -0.15) is 0 Å². The maximum atomic E-state index is 15.2. The van der Waals surface area contributed by atoms with E-state index in [1.807, 2.05) is 0 Å². The monoisotopic (exact) mass is 504 g/mol. The van der Waals surface area contributed by atoms with Crippen molar-refractivity contribution in [1.82, 2.24) is 0 Å². The number of rotatable bonds is 10. The summed E-state index contributed by atoms with van der Waals surface area (Å²) in [7, 11) is 1.68. The fourth-order valence-corrected chi connectivity index (χ4v) is 6.02. The van der Waals surface area contributed by atoms with E-state index in [1.165, 1.54) is 18.2 Å². The lowest BCUT2D eigenvalue weighted by Gasteiger charge is -2.32. The first-order chi connectivity index (χ1) is 17.3. The molecule has 2 aliphatic carbocycles. The van der Waals surface area contributed by atoms with E-state index in [4.69, 9.17) is 4.74 Å². The van der Waals surface area contributed by atoms with Crippen LogP contribution in [0.4, 0.5) is 22.0 Å². The maximum absolute atomic E-state index is 15.2. The molecule has 36 heavy (non-hydrogen) atoms. The molecule has 0 amide bonds. The van der Waals surface area contributed by atoms with Crippen LogP contribution in [0.25, 0.3) is 0 Å². The first kappa shape index (κ1) is 26.6. The van der Waals surface area contributed by atoms with E-state index in [1.54, 1.807) is 7.11 Å². The van der Waals surface area contributed by atoms with Gasteiger partial charge < -0.3 is 4.74 Å². The summed E-state index contributed by atoms with van der Waals surface area (Å²) < 4.78 is 78.3. The standard InChI is InChI=1S/C30H33F5O/c1-3-4-5-19(18-36-2)6-7-20-12-21-16-30(17-22(21)13-27(20)33,25-10-8-23(31)14-28(25)34)26-11-9-24(32)15-29(26)35/h8-11,13-15,19-20H,3-7,12,16-18H2,1-2H3/t19-,20?/m1/s1. The number of benzene rings is 2. The fourth-order valence-electron chi connectivity index (χ4n) is 6.02. The molecule has 0 bridgehead atoms. The van der Waals surface area contributed by atoms with E-state index < -0.39 is 28.7 Å². The van der Waals surface area contributed by atoms with Gasteiger partial charge in [0.25, 0.3) is 0 Å². The van der Waals surface area contributed by atoms with E-state index in [-0.39, 0.29) is 35.7 Å². The van der Waals surface area contributed by atoms with Crippen molar-refractivity contribution in [2.45, 2.75) is 63.7 Å². The summed E-state index contributed by atoms with van der Waals surface area (Å²) >= 11 is 0. The molecule has 0 radical (unpaired) electrons. The van der Waals surface area contributed by atoms with Gasteiger partial charge in [0.05, 0.1) is 0 Å². The average Bonchev–Trinajstić information content (AvgIpc) is 3.19. The minimum Gasteiger partial charge on any atom is -0.384 e. The summed E-state index contributed by atoms with van der Waals surface area (Å²) in [6, 6.07) is 6.50. The van der Waals surface area contributed by atoms with Crippen LogP contribution in [0.2, 0.25) is 0 Å². The van der Waals surface area contributed by atoms with Crippen molar-refractivity contribution >= 4 is 0 Å². The van der Waals surface area contributed by atoms with Crippen LogP contribution in [0, 0.1) is 35.1 Å². The predicted molar refractivity (Wildman–Crippen MR) is 131 cm³/mol. The molecule has 0 aromatic heterocycles. The zero-order valence-electron chi connectivity index (χ0n) is 20.9. The van der Waals surface area contributed by atoms with Crippen molar-refractivity contribution in [3.8, 4) is 0 Å². The van der Waals surface area contributed by atoms with Crippen molar-refractivity contribution < 1.29 is 26.7 Å². The number of allylic oxidation sites excluding steroid dienone is 4. The van der Waals surface area contributed by atoms with Crippen molar-refractivity contribution in [1.29, 1.82) is 0 Å². The Morgan fingerprint density at radius 3 is 2.11 bits per heavy atom. The van der Waals surface area contributed by atoms with E-state index in [2.05, 4.69) is 6.92 Å². The number of unbranched alkanes of at least 4 members (excludes halogenated alkanes) is 1. The molecule has 0 saturated carbocycles. The highest BCUT2D eigenvalue weighted by Gasteiger charge is 2.46. The summed E-state index contributed by atoms with van der Waals surface area (Å²) in [5.74, 6) is -3.20. The summed E-state index contributed by atoms with van der Waals surface area (Å²) in [4.78, 5) is 0. The molecular weight excluding hydrogens is 471 g/mol. The molecule has 2 atom stereocenters. The van der Waals surface area contributed by atoms with Gasteiger partial charge in [0.2, 0.25) is 0 Å².